The van der Waals surface area contributed by atoms with Crippen LogP contribution in [0.1, 0.15) is 33.1 Å². The zero-order valence-electron chi connectivity index (χ0n) is 9.00. The van der Waals surface area contributed by atoms with Gasteiger partial charge in [-0.15, -0.1) is 0 Å². The van der Waals surface area contributed by atoms with Crippen LogP contribution in [-0.2, 0) is 14.3 Å². The molecule has 0 aromatic heterocycles. The molecule has 0 fully saturated rings. The van der Waals surface area contributed by atoms with Crippen LogP contribution in [0.5, 0.6) is 0 Å². The number of hydrogen-bond acceptors (Lipinski definition) is 3. The smallest absolute Gasteiger partial charge is 0.157 e. The van der Waals surface area contributed by atoms with E-state index in [-0.39, 0.29) is 11.7 Å². The van der Waals surface area contributed by atoms with E-state index in [1.54, 1.807) is 14.2 Å². The summed E-state index contributed by atoms with van der Waals surface area (Å²) in [6.45, 7) is 4.03. The van der Waals surface area contributed by atoms with Crippen molar-refractivity contribution in [3.8, 4) is 0 Å². The van der Waals surface area contributed by atoms with Crippen LogP contribution >= 0.6 is 0 Å². The molecule has 0 bridgehead atoms. The van der Waals surface area contributed by atoms with Crippen molar-refractivity contribution in [1.82, 2.24) is 0 Å². The van der Waals surface area contributed by atoms with Gasteiger partial charge < -0.3 is 14.3 Å². The van der Waals surface area contributed by atoms with Crippen molar-refractivity contribution >= 4 is 6.29 Å². The Bertz CT molecular complexity index is 137. The number of carbonyl (C=O) groups is 1. The average molecular weight is 188 g/mol. The molecule has 13 heavy (non-hydrogen) atoms. The molecule has 0 unspecified atom stereocenters. The van der Waals surface area contributed by atoms with Gasteiger partial charge >= 0.3 is 0 Å². The Balaban J connectivity index is 4.30. The number of rotatable bonds is 7. The van der Waals surface area contributed by atoms with Gasteiger partial charge in [0.05, 0.1) is 0 Å². The van der Waals surface area contributed by atoms with Gasteiger partial charge in [0.2, 0.25) is 0 Å². The molecule has 0 amide bonds. The summed E-state index contributed by atoms with van der Waals surface area (Å²) in [4.78, 5) is 10.9. The highest BCUT2D eigenvalue weighted by Gasteiger charge is 2.29. The van der Waals surface area contributed by atoms with E-state index >= 15 is 0 Å². The molecule has 0 aromatic rings. The third kappa shape index (κ3) is 3.44. The number of aldehydes is 1. The maximum Gasteiger partial charge on any atom is 0.157 e. The Morgan fingerprint density at radius 1 is 1.23 bits per heavy atom. The number of carbonyl (C=O) groups excluding carboxylic acids is 1. The van der Waals surface area contributed by atoms with Crippen molar-refractivity contribution in [1.29, 1.82) is 0 Å². The monoisotopic (exact) mass is 188 g/mol. The van der Waals surface area contributed by atoms with Gasteiger partial charge in [0.25, 0.3) is 0 Å². The second-order valence-corrected chi connectivity index (χ2v) is 3.29. The van der Waals surface area contributed by atoms with Gasteiger partial charge in [-0.1, -0.05) is 13.8 Å². The van der Waals surface area contributed by atoms with Crippen LogP contribution in [0.3, 0.4) is 0 Å². The normalized spacial score (nSPS) is 12.1. The van der Waals surface area contributed by atoms with Gasteiger partial charge in [-0.25, -0.2) is 0 Å². The largest absolute Gasteiger partial charge is 0.356 e. The first-order valence-electron chi connectivity index (χ1n) is 4.70. The molecule has 0 aliphatic heterocycles. The highest BCUT2D eigenvalue weighted by molar-refractivity contribution is 5.59. The molecular formula is C10H20O3. The fourth-order valence-electron chi connectivity index (χ4n) is 1.35. The number of hydrogen-bond donors (Lipinski definition) is 0. The zero-order chi connectivity index (χ0) is 10.3. The minimum atomic E-state index is -0.281. The Hall–Kier alpha value is -0.410. The summed E-state index contributed by atoms with van der Waals surface area (Å²) in [6, 6.07) is 0. The summed E-state index contributed by atoms with van der Waals surface area (Å²) in [6.07, 6.45) is 3.05. The van der Waals surface area contributed by atoms with Crippen LogP contribution in [0.15, 0.2) is 0 Å². The summed E-state index contributed by atoms with van der Waals surface area (Å²) in [5.41, 5.74) is -0.281. The van der Waals surface area contributed by atoms with Crippen LogP contribution in [0.4, 0.5) is 0 Å². The first kappa shape index (κ1) is 12.6. The molecule has 0 radical (unpaired) electrons. The van der Waals surface area contributed by atoms with Crippen molar-refractivity contribution < 1.29 is 14.3 Å². The molecule has 3 heteroatoms. The Morgan fingerprint density at radius 3 is 1.92 bits per heavy atom. The van der Waals surface area contributed by atoms with Crippen LogP contribution in [0, 0.1) is 5.41 Å². The molecule has 0 atom stereocenters. The standard InChI is InChI=1S/C10H20O3/c1-5-10(6-2,8-11)7-9(12-3)13-4/h8-9H,5-7H2,1-4H3. The van der Waals surface area contributed by atoms with Crippen LogP contribution in [-0.4, -0.2) is 26.8 Å². The molecule has 0 aliphatic rings. The molecule has 0 N–H and O–H groups in total. The van der Waals surface area contributed by atoms with Crippen LogP contribution in [0.2, 0.25) is 0 Å². The lowest BCUT2D eigenvalue weighted by Crippen LogP contribution is -2.29. The molecule has 0 heterocycles. The maximum atomic E-state index is 10.9. The van der Waals surface area contributed by atoms with Crippen LogP contribution < -0.4 is 0 Å². The van der Waals surface area contributed by atoms with E-state index in [4.69, 9.17) is 9.47 Å². The van der Waals surface area contributed by atoms with Gasteiger partial charge in [0.15, 0.2) is 6.29 Å². The van der Waals surface area contributed by atoms with Crippen molar-refractivity contribution in [2.45, 2.75) is 39.4 Å². The van der Waals surface area contributed by atoms with E-state index in [1.807, 2.05) is 13.8 Å². The van der Waals surface area contributed by atoms with E-state index in [0.29, 0.717) is 6.42 Å². The molecular weight excluding hydrogens is 168 g/mol. The van der Waals surface area contributed by atoms with Gasteiger partial charge in [-0.05, 0) is 12.8 Å². The fourth-order valence-corrected chi connectivity index (χ4v) is 1.35. The first-order chi connectivity index (χ1) is 6.17. The van der Waals surface area contributed by atoms with Gasteiger partial charge in [0.1, 0.15) is 6.29 Å². The topological polar surface area (TPSA) is 35.5 Å². The van der Waals surface area contributed by atoms with Crippen molar-refractivity contribution in [2.24, 2.45) is 5.41 Å². The summed E-state index contributed by atoms with van der Waals surface area (Å²) in [5.74, 6) is 0. The predicted molar refractivity (Wildman–Crippen MR) is 51.5 cm³/mol. The first-order valence-corrected chi connectivity index (χ1v) is 4.70. The Morgan fingerprint density at radius 2 is 1.69 bits per heavy atom. The average Bonchev–Trinajstić information content (AvgIpc) is 2.21. The second-order valence-electron chi connectivity index (χ2n) is 3.29. The third-order valence-electron chi connectivity index (χ3n) is 2.76. The lowest BCUT2D eigenvalue weighted by molar-refractivity contribution is -0.139. The highest BCUT2D eigenvalue weighted by Crippen LogP contribution is 2.30. The van der Waals surface area contributed by atoms with E-state index in [0.717, 1.165) is 19.1 Å². The molecule has 0 rings (SSSR count). The predicted octanol–water partition coefficient (Wildman–Crippen LogP) is 2.00. The Labute approximate surface area is 80.4 Å². The van der Waals surface area contributed by atoms with Crippen molar-refractivity contribution in [2.75, 3.05) is 14.2 Å². The molecule has 78 valence electrons. The van der Waals surface area contributed by atoms with E-state index in [9.17, 15) is 4.79 Å². The Kier molecular flexibility index (Phi) is 5.91. The van der Waals surface area contributed by atoms with E-state index in [1.165, 1.54) is 0 Å². The SMILES string of the molecule is CCC(C=O)(CC)CC(OC)OC. The molecule has 0 saturated heterocycles. The number of ether oxygens (including phenoxy) is 2. The quantitative estimate of drug-likeness (QED) is 0.453. The fraction of sp³-hybridized carbons (Fsp3) is 0.900. The second kappa shape index (κ2) is 6.11. The summed E-state index contributed by atoms with van der Waals surface area (Å²) in [7, 11) is 3.18. The summed E-state index contributed by atoms with van der Waals surface area (Å²) in [5, 5.41) is 0. The van der Waals surface area contributed by atoms with E-state index in [2.05, 4.69) is 0 Å². The maximum absolute atomic E-state index is 10.9. The molecule has 0 aliphatic carbocycles. The third-order valence-corrected chi connectivity index (χ3v) is 2.76. The van der Waals surface area contributed by atoms with Crippen molar-refractivity contribution in [3.05, 3.63) is 0 Å². The van der Waals surface area contributed by atoms with E-state index < -0.39 is 0 Å². The van der Waals surface area contributed by atoms with Gasteiger partial charge in [0, 0.05) is 26.1 Å². The lowest BCUT2D eigenvalue weighted by Gasteiger charge is -2.28. The molecule has 0 saturated carbocycles. The summed E-state index contributed by atoms with van der Waals surface area (Å²) >= 11 is 0. The molecule has 0 spiro atoms. The number of methoxy groups -OCH3 is 2. The molecule has 3 nitrogen and oxygen atoms in total. The lowest BCUT2D eigenvalue weighted by atomic mass is 9.80. The van der Waals surface area contributed by atoms with Gasteiger partial charge in [-0.2, -0.15) is 0 Å². The molecule has 0 aromatic carbocycles. The minimum Gasteiger partial charge on any atom is -0.356 e. The van der Waals surface area contributed by atoms with Gasteiger partial charge in [-0.3, -0.25) is 0 Å². The summed E-state index contributed by atoms with van der Waals surface area (Å²) < 4.78 is 10.2. The van der Waals surface area contributed by atoms with Crippen molar-refractivity contribution in [3.63, 3.8) is 0 Å². The zero-order valence-corrected chi connectivity index (χ0v) is 9.00. The highest BCUT2D eigenvalue weighted by atomic mass is 16.7. The minimum absolute atomic E-state index is 0.273. The van der Waals surface area contributed by atoms with Crippen LogP contribution in [0.25, 0.3) is 0 Å².